The Morgan fingerprint density at radius 3 is 2.76 bits per heavy atom. The third kappa shape index (κ3) is 5.75. The molecule has 4 fully saturated rings. The molecule has 8 rings (SSSR count). The van der Waals surface area contributed by atoms with Gasteiger partial charge in [-0.15, -0.1) is 0 Å². The molecule has 1 amide bonds. The molecule has 4 aromatic rings. The number of amides is 1. The number of piperidine rings is 2. The Morgan fingerprint density at radius 2 is 1.98 bits per heavy atom. The largest absolute Gasteiger partial charge is 0.480 e. The van der Waals surface area contributed by atoms with E-state index in [-0.39, 0.29) is 34.4 Å². The van der Waals surface area contributed by atoms with E-state index < -0.39 is 11.9 Å². The second-order valence-corrected chi connectivity index (χ2v) is 15.1. The van der Waals surface area contributed by atoms with Crippen LogP contribution >= 0.6 is 11.6 Å². The number of likely N-dealkylation sites (tertiary alicyclic amines) is 1. The van der Waals surface area contributed by atoms with Crippen molar-refractivity contribution in [2.75, 3.05) is 44.8 Å². The number of aromatic amines is 1. The van der Waals surface area contributed by atoms with Gasteiger partial charge >= 0.3 is 12.1 Å². The van der Waals surface area contributed by atoms with Crippen LogP contribution in [-0.4, -0.2) is 93.2 Å². The lowest BCUT2D eigenvalue weighted by atomic mass is 9.73. The molecule has 12 nitrogen and oxygen atoms in total. The van der Waals surface area contributed by atoms with Crippen molar-refractivity contribution in [2.45, 2.75) is 83.2 Å². The van der Waals surface area contributed by atoms with E-state index in [1.165, 1.54) is 39.2 Å². The summed E-state index contributed by atoms with van der Waals surface area (Å²) in [6.07, 6.45) is 11.7. The van der Waals surface area contributed by atoms with Crippen LogP contribution in [0.15, 0.2) is 12.3 Å². The van der Waals surface area contributed by atoms with Crippen LogP contribution in [0.2, 0.25) is 5.02 Å². The average Bonchev–Trinajstić information content (AvgIpc) is 3.75. The molecule has 3 atom stereocenters. The zero-order valence-corrected chi connectivity index (χ0v) is 29.4. The second kappa shape index (κ2) is 13.3. The van der Waals surface area contributed by atoms with Gasteiger partial charge in [-0.3, -0.25) is 10.00 Å². The van der Waals surface area contributed by atoms with Crippen molar-refractivity contribution in [1.29, 1.82) is 0 Å². The number of nitrogens with zero attached hydrogens (tertiary/aromatic N) is 6. The van der Waals surface area contributed by atoms with Crippen LogP contribution in [0.1, 0.15) is 69.8 Å². The molecule has 14 heteroatoms. The lowest BCUT2D eigenvalue weighted by molar-refractivity contribution is -0.0399. The molecule has 2 aliphatic carbocycles. The van der Waals surface area contributed by atoms with Crippen LogP contribution in [-0.2, 0) is 0 Å². The van der Waals surface area contributed by atoms with E-state index in [2.05, 4.69) is 25.3 Å². The summed E-state index contributed by atoms with van der Waals surface area (Å²) in [5.74, 6) is 0.00596. The van der Waals surface area contributed by atoms with Gasteiger partial charge in [0.15, 0.2) is 5.82 Å². The van der Waals surface area contributed by atoms with Crippen LogP contribution in [0.5, 0.6) is 11.9 Å². The quantitative estimate of drug-likeness (QED) is 0.172. The summed E-state index contributed by atoms with van der Waals surface area (Å²) < 4.78 is 29.6. The first-order chi connectivity index (χ1) is 24.3. The molecule has 50 heavy (non-hydrogen) atoms. The van der Waals surface area contributed by atoms with Crippen LogP contribution in [0.25, 0.3) is 33.1 Å². The fourth-order valence-corrected chi connectivity index (χ4v) is 9.35. The molecule has 3 unspecified atom stereocenters. The van der Waals surface area contributed by atoms with Gasteiger partial charge in [-0.05, 0) is 82.4 Å². The number of methoxy groups -OCH3 is 1. The van der Waals surface area contributed by atoms with Crippen molar-refractivity contribution in [3.8, 4) is 23.1 Å². The van der Waals surface area contributed by atoms with Gasteiger partial charge in [0.2, 0.25) is 5.88 Å². The molecule has 0 radical (unpaired) electrons. The molecule has 266 valence electrons. The number of aromatic nitrogens is 5. The lowest BCUT2D eigenvalue weighted by Gasteiger charge is -2.51. The summed E-state index contributed by atoms with van der Waals surface area (Å²) in [6.45, 7) is 4.93. The molecule has 0 spiro atoms. The molecular weight excluding hydrogens is 663 g/mol. The number of fused-ring (bicyclic) bond motifs is 3. The molecule has 0 bridgehead atoms. The van der Waals surface area contributed by atoms with Gasteiger partial charge in [0.1, 0.15) is 22.4 Å². The van der Waals surface area contributed by atoms with E-state index in [9.17, 15) is 9.90 Å². The zero-order valence-electron chi connectivity index (χ0n) is 28.6. The Balaban J connectivity index is 1.23. The summed E-state index contributed by atoms with van der Waals surface area (Å²) in [5.41, 5.74) is 1.90. The molecule has 2 saturated heterocycles. The van der Waals surface area contributed by atoms with Gasteiger partial charge in [-0.2, -0.15) is 15.1 Å². The Labute approximate surface area is 295 Å². The number of nitrogens with one attached hydrogen (secondary N) is 2. The number of halogens is 2. The number of pyridine rings is 1. The normalized spacial score (nSPS) is 24.4. The number of anilines is 1. The molecule has 3 aromatic heterocycles. The highest BCUT2D eigenvalue weighted by molar-refractivity contribution is 6.35. The predicted molar refractivity (Wildman–Crippen MR) is 189 cm³/mol. The van der Waals surface area contributed by atoms with E-state index in [0.717, 1.165) is 44.2 Å². The number of hydrogen-bond donors (Lipinski definition) is 3. The Bertz CT molecular complexity index is 1940. The fraction of sp³-hybridized carbons (Fsp3) is 0.583. The zero-order chi connectivity index (χ0) is 34.6. The van der Waals surface area contributed by atoms with Crippen molar-refractivity contribution in [3.05, 3.63) is 28.7 Å². The molecule has 2 aliphatic heterocycles. The summed E-state index contributed by atoms with van der Waals surface area (Å²) in [5, 5.41) is 20.3. The van der Waals surface area contributed by atoms with Crippen molar-refractivity contribution < 1.29 is 23.8 Å². The molecule has 5 heterocycles. The molecular formula is C36H44ClFN8O4. The summed E-state index contributed by atoms with van der Waals surface area (Å²) >= 11 is 6.86. The van der Waals surface area contributed by atoms with Crippen molar-refractivity contribution in [1.82, 2.24) is 35.4 Å². The molecule has 1 aromatic carbocycles. The summed E-state index contributed by atoms with van der Waals surface area (Å²) in [6, 6.07) is 3.13. The summed E-state index contributed by atoms with van der Waals surface area (Å²) in [4.78, 5) is 30.6. The third-order valence-corrected chi connectivity index (χ3v) is 12.2. The van der Waals surface area contributed by atoms with Crippen molar-refractivity contribution in [3.63, 3.8) is 0 Å². The smallest absolute Gasteiger partial charge is 0.404 e. The lowest BCUT2D eigenvalue weighted by Crippen LogP contribution is -2.57. The highest BCUT2D eigenvalue weighted by Crippen LogP contribution is 2.50. The highest BCUT2D eigenvalue weighted by atomic mass is 35.5. The number of carboxylic acid groups (broad SMARTS) is 1. The number of hydrogen-bond acceptors (Lipinski definition) is 9. The Kier molecular flexibility index (Phi) is 8.83. The second-order valence-electron chi connectivity index (χ2n) is 14.7. The maximum Gasteiger partial charge on any atom is 0.404 e. The molecule has 4 aliphatic rings. The first kappa shape index (κ1) is 33.2. The van der Waals surface area contributed by atoms with Gasteiger partial charge in [-0.1, -0.05) is 24.4 Å². The summed E-state index contributed by atoms with van der Waals surface area (Å²) in [7, 11) is 1.50. The number of benzene rings is 1. The minimum atomic E-state index is -1.06. The van der Waals surface area contributed by atoms with Crippen molar-refractivity contribution in [2.24, 2.45) is 11.3 Å². The topological polar surface area (TPSA) is 142 Å². The number of ether oxygens (including phenoxy) is 2. The number of rotatable bonds is 9. The minimum absolute atomic E-state index is 0.00472. The van der Waals surface area contributed by atoms with E-state index >= 15 is 4.39 Å². The Morgan fingerprint density at radius 1 is 1.14 bits per heavy atom. The fourth-order valence-electron chi connectivity index (χ4n) is 9.10. The third-order valence-electron chi connectivity index (χ3n) is 11.8. The van der Waals surface area contributed by atoms with Gasteiger partial charge in [0.05, 0.1) is 30.5 Å². The molecule has 2 saturated carbocycles. The Hall–Kier alpha value is -3.97. The van der Waals surface area contributed by atoms with Crippen LogP contribution < -0.4 is 19.7 Å². The first-order valence-electron chi connectivity index (χ1n) is 17.9. The number of carbonyl (C=O) groups is 1. The van der Waals surface area contributed by atoms with Gasteiger partial charge in [0, 0.05) is 48.1 Å². The van der Waals surface area contributed by atoms with Crippen LogP contribution in [0, 0.1) is 24.1 Å². The van der Waals surface area contributed by atoms with Crippen LogP contribution in [0.4, 0.5) is 15.0 Å². The number of H-pyrrole nitrogens is 1. The van der Waals surface area contributed by atoms with Gasteiger partial charge < -0.3 is 24.8 Å². The standard InChI is InChI=1S/C36H44ClFN8O4/c1-20-15-24-23(17-40-44-24)26(28(20)37)30-29(38)31-27(33(41-30)49-2)32(45-13-5-7-21(18-45)16-39-35(47)48)43-34(42-31)50-19-36-11-4-10-25(36)46(14-6-12-36)22-8-3-9-22/h15,17,21-22,25,39H,3-14,16,18-19H2,1-2H3,(H,40,44)(H,47,48). The van der Waals surface area contributed by atoms with E-state index in [0.29, 0.717) is 71.0 Å². The first-order valence-corrected chi connectivity index (χ1v) is 18.3. The predicted octanol–water partition coefficient (Wildman–Crippen LogP) is 6.73. The van der Waals surface area contributed by atoms with E-state index in [1.807, 2.05) is 13.0 Å². The van der Waals surface area contributed by atoms with E-state index in [4.69, 9.17) is 36.0 Å². The molecule has 3 N–H and O–H groups in total. The monoisotopic (exact) mass is 706 g/mol. The van der Waals surface area contributed by atoms with Gasteiger partial charge in [0.25, 0.3) is 0 Å². The SMILES string of the molecule is COc1nc(-c2c(Cl)c(C)cc3[nH]ncc23)c(F)c2nc(OCC34CCCC3N(C3CCC3)CCC4)nc(N3CCCC(CNC(=O)O)C3)c12. The van der Waals surface area contributed by atoms with Crippen molar-refractivity contribution >= 4 is 45.3 Å². The average molecular weight is 707 g/mol. The highest BCUT2D eigenvalue weighted by Gasteiger charge is 2.50. The number of aryl methyl sites for hydroxylation is 1. The minimum Gasteiger partial charge on any atom is -0.480 e. The maximum atomic E-state index is 17.2. The van der Waals surface area contributed by atoms with Crippen LogP contribution in [0.3, 0.4) is 0 Å². The maximum absolute atomic E-state index is 17.2. The van der Waals surface area contributed by atoms with Gasteiger partial charge in [-0.25, -0.2) is 14.2 Å². The van der Waals surface area contributed by atoms with E-state index in [1.54, 1.807) is 6.20 Å².